The molecule has 0 radical (unpaired) electrons. The first kappa shape index (κ1) is 16.8. The molecule has 0 unspecified atom stereocenters. The lowest BCUT2D eigenvalue weighted by atomic mass is 10.1. The summed E-state index contributed by atoms with van der Waals surface area (Å²) in [5.41, 5.74) is 6.59. The second-order valence-corrected chi connectivity index (χ2v) is 6.02. The minimum absolute atomic E-state index is 0.110. The molecule has 2 rings (SSSR count). The van der Waals surface area contributed by atoms with Crippen molar-refractivity contribution in [2.24, 2.45) is 5.73 Å². The molecule has 1 fully saturated rings. The quantitative estimate of drug-likeness (QED) is 0.690. The largest absolute Gasteiger partial charge is 0.490 e. The first-order valence-corrected chi connectivity index (χ1v) is 8.50. The van der Waals surface area contributed by atoms with Gasteiger partial charge in [-0.25, -0.2) is 0 Å². The van der Waals surface area contributed by atoms with Gasteiger partial charge in [0.05, 0.1) is 6.10 Å². The van der Waals surface area contributed by atoms with Crippen LogP contribution in [0.5, 0.6) is 5.75 Å². The first-order valence-electron chi connectivity index (χ1n) is 8.50. The highest BCUT2D eigenvalue weighted by molar-refractivity contribution is 5.76. The maximum absolute atomic E-state index is 11.8. The molecule has 3 N–H and O–H groups in total. The van der Waals surface area contributed by atoms with E-state index in [0.717, 1.165) is 50.0 Å². The van der Waals surface area contributed by atoms with Crippen molar-refractivity contribution in [2.75, 3.05) is 13.1 Å². The van der Waals surface area contributed by atoms with E-state index in [0.29, 0.717) is 19.1 Å². The summed E-state index contributed by atoms with van der Waals surface area (Å²) in [6.45, 7) is 1.41. The number of carbonyl (C=O) groups excluding carboxylic acids is 1. The van der Waals surface area contributed by atoms with Crippen LogP contribution in [0.1, 0.15) is 50.5 Å². The fraction of sp³-hybridized carbons (Fsp3) is 0.611. The lowest BCUT2D eigenvalue weighted by Crippen LogP contribution is -2.25. The minimum atomic E-state index is 0.110. The number of unbranched alkanes of at least 4 members (excludes halogenated alkanes) is 1. The first-order chi connectivity index (χ1) is 10.8. The standard InChI is InChI=1S/C18H28N2O2/c19-12-3-4-13-20-18(21)11-10-15-6-5-9-17(14-15)22-16-7-1-2-8-16/h5-6,9,14,16H,1-4,7-8,10-13,19H2,(H,20,21). The SMILES string of the molecule is NCCCCNC(=O)CCc1cccc(OC2CCCC2)c1. The lowest BCUT2D eigenvalue weighted by molar-refractivity contribution is -0.121. The summed E-state index contributed by atoms with van der Waals surface area (Å²) in [6, 6.07) is 8.15. The molecule has 4 nitrogen and oxygen atoms in total. The highest BCUT2D eigenvalue weighted by atomic mass is 16.5. The predicted octanol–water partition coefficient (Wildman–Crippen LogP) is 2.80. The van der Waals surface area contributed by atoms with Crippen LogP contribution in [-0.2, 0) is 11.2 Å². The van der Waals surface area contributed by atoms with Crippen molar-refractivity contribution in [1.29, 1.82) is 0 Å². The van der Waals surface area contributed by atoms with Crippen molar-refractivity contribution in [3.8, 4) is 5.75 Å². The molecule has 1 saturated carbocycles. The van der Waals surface area contributed by atoms with Gasteiger partial charge >= 0.3 is 0 Å². The van der Waals surface area contributed by atoms with E-state index in [1.165, 1.54) is 12.8 Å². The van der Waals surface area contributed by atoms with Crippen molar-refractivity contribution in [3.05, 3.63) is 29.8 Å². The highest BCUT2D eigenvalue weighted by Crippen LogP contribution is 2.24. The Morgan fingerprint density at radius 2 is 2.09 bits per heavy atom. The van der Waals surface area contributed by atoms with Crippen molar-refractivity contribution in [3.63, 3.8) is 0 Å². The monoisotopic (exact) mass is 304 g/mol. The van der Waals surface area contributed by atoms with Gasteiger partial charge in [-0.1, -0.05) is 12.1 Å². The summed E-state index contributed by atoms with van der Waals surface area (Å²) < 4.78 is 6.00. The van der Waals surface area contributed by atoms with E-state index in [9.17, 15) is 4.79 Å². The van der Waals surface area contributed by atoms with E-state index >= 15 is 0 Å². The van der Waals surface area contributed by atoms with Gasteiger partial charge in [-0.3, -0.25) is 4.79 Å². The molecule has 122 valence electrons. The number of benzene rings is 1. The van der Waals surface area contributed by atoms with E-state index in [-0.39, 0.29) is 5.91 Å². The third-order valence-electron chi connectivity index (χ3n) is 4.10. The zero-order valence-corrected chi connectivity index (χ0v) is 13.4. The van der Waals surface area contributed by atoms with Crippen LogP contribution in [0.2, 0.25) is 0 Å². The van der Waals surface area contributed by atoms with Crippen LogP contribution in [0.15, 0.2) is 24.3 Å². The average molecular weight is 304 g/mol. The summed E-state index contributed by atoms with van der Waals surface area (Å²) in [5.74, 6) is 1.05. The summed E-state index contributed by atoms with van der Waals surface area (Å²) in [6.07, 6.45) is 8.43. The Balaban J connectivity index is 1.71. The van der Waals surface area contributed by atoms with Gasteiger partial charge < -0.3 is 15.8 Å². The van der Waals surface area contributed by atoms with Crippen molar-refractivity contribution >= 4 is 5.91 Å². The summed E-state index contributed by atoms with van der Waals surface area (Å²) in [5, 5.41) is 2.94. The fourth-order valence-corrected chi connectivity index (χ4v) is 2.82. The molecule has 1 aliphatic rings. The number of amides is 1. The number of rotatable bonds is 9. The molecule has 0 atom stereocenters. The van der Waals surface area contributed by atoms with Crippen LogP contribution in [0, 0.1) is 0 Å². The van der Waals surface area contributed by atoms with Gasteiger partial charge in [-0.05, 0) is 69.2 Å². The van der Waals surface area contributed by atoms with E-state index in [1.807, 2.05) is 12.1 Å². The van der Waals surface area contributed by atoms with Crippen LogP contribution in [0.3, 0.4) is 0 Å². The number of aryl methyl sites for hydroxylation is 1. The van der Waals surface area contributed by atoms with E-state index < -0.39 is 0 Å². The van der Waals surface area contributed by atoms with Gasteiger partial charge in [0, 0.05) is 13.0 Å². The Morgan fingerprint density at radius 1 is 1.27 bits per heavy atom. The van der Waals surface area contributed by atoms with Crippen molar-refractivity contribution in [2.45, 2.75) is 57.5 Å². The Kier molecular flexibility index (Phi) is 7.23. The number of hydrogen-bond donors (Lipinski definition) is 2. The van der Waals surface area contributed by atoms with Crippen LogP contribution < -0.4 is 15.8 Å². The number of hydrogen-bond acceptors (Lipinski definition) is 3. The number of nitrogens with two attached hydrogens (primary N) is 1. The van der Waals surface area contributed by atoms with Crippen LogP contribution in [0.4, 0.5) is 0 Å². The van der Waals surface area contributed by atoms with Crippen LogP contribution >= 0.6 is 0 Å². The summed E-state index contributed by atoms with van der Waals surface area (Å²) in [7, 11) is 0. The number of carbonyl (C=O) groups is 1. The third-order valence-corrected chi connectivity index (χ3v) is 4.10. The molecule has 1 aliphatic carbocycles. The molecular formula is C18H28N2O2. The normalized spacial score (nSPS) is 15.0. The number of ether oxygens (including phenoxy) is 1. The van der Waals surface area contributed by atoms with Crippen molar-refractivity contribution in [1.82, 2.24) is 5.32 Å². The van der Waals surface area contributed by atoms with E-state index in [1.54, 1.807) is 0 Å². The average Bonchev–Trinajstić information content (AvgIpc) is 3.03. The lowest BCUT2D eigenvalue weighted by Gasteiger charge is -2.13. The molecule has 4 heteroatoms. The second-order valence-electron chi connectivity index (χ2n) is 6.02. The highest BCUT2D eigenvalue weighted by Gasteiger charge is 2.16. The molecule has 1 aromatic carbocycles. The summed E-state index contributed by atoms with van der Waals surface area (Å²) >= 11 is 0. The Hall–Kier alpha value is -1.55. The van der Waals surface area contributed by atoms with Gasteiger partial charge in [0.15, 0.2) is 0 Å². The van der Waals surface area contributed by atoms with E-state index in [4.69, 9.17) is 10.5 Å². The van der Waals surface area contributed by atoms with Gasteiger partial charge in [0.25, 0.3) is 0 Å². The molecule has 0 heterocycles. The zero-order chi connectivity index (χ0) is 15.6. The van der Waals surface area contributed by atoms with Crippen LogP contribution in [-0.4, -0.2) is 25.1 Å². The smallest absolute Gasteiger partial charge is 0.220 e. The van der Waals surface area contributed by atoms with Crippen LogP contribution in [0.25, 0.3) is 0 Å². The molecule has 1 amide bonds. The van der Waals surface area contributed by atoms with Gasteiger partial charge in [0.2, 0.25) is 5.91 Å². The van der Waals surface area contributed by atoms with Gasteiger partial charge in [-0.15, -0.1) is 0 Å². The molecule has 22 heavy (non-hydrogen) atoms. The van der Waals surface area contributed by atoms with Gasteiger partial charge in [-0.2, -0.15) is 0 Å². The van der Waals surface area contributed by atoms with Gasteiger partial charge in [0.1, 0.15) is 5.75 Å². The predicted molar refractivity (Wildman–Crippen MR) is 88.9 cm³/mol. The molecule has 0 aliphatic heterocycles. The molecule has 1 aromatic rings. The molecule has 0 aromatic heterocycles. The molecule has 0 bridgehead atoms. The minimum Gasteiger partial charge on any atom is -0.490 e. The maximum Gasteiger partial charge on any atom is 0.220 e. The van der Waals surface area contributed by atoms with E-state index in [2.05, 4.69) is 17.4 Å². The second kappa shape index (κ2) is 9.46. The zero-order valence-electron chi connectivity index (χ0n) is 13.4. The van der Waals surface area contributed by atoms with Crippen molar-refractivity contribution < 1.29 is 9.53 Å². The third kappa shape index (κ3) is 6.06. The summed E-state index contributed by atoms with van der Waals surface area (Å²) in [4.78, 5) is 11.8. The number of nitrogens with one attached hydrogen (secondary N) is 1. The Bertz CT molecular complexity index is 456. The Morgan fingerprint density at radius 3 is 2.86 bits per heavy atom. The molecule has 0 spiro atoms. The molecular weight excluding hydrogens is 276 g/mol. The molecule has 0 saturated heterocycles. The fourth-order valence-electron chi connectivity index (χ4n) is 2.82. The maximum atomic E-state index is 11.8. The topological polar surface area (TPSA) is 64.3 Å². The Labute approximate surface area is 133 Å².